The topological polar surface area (TPSA) is 92.7 Å². The number of esters is 1. The Morgan fingerprint density at radius 3 is 2.26 bits per heavy atom. The average molecular weight is 593 g/mol. The highest BCUT2D eigenvalue weighted by atomic mass is 16.7. The van der Waals surface area contributed by atoms with Gasteiger partial charge in [0.2, 0.25) is 0 Å². The second kappa shape index (κ2) is 20.4. The van der Waals surface area contributed by atoms with E-state index in [1.54, 1.807) is 0 Å². The predicted molar refractivity (Wildman–Crippen MR) is 162 cm³/mol. The van der Waals surface area contributed by atoms with Crippen LogP contribution in [0.1, 0.15) is 103 Å². The van der Waals surface area contributed by atoms with Crippen molar-refractivity contribution in [1.82, 2.24) is 0 Å². The van der Waals surface area contributed by atoms with Gasteiger partial charge >= 0.3 is 5.97 Å². The maximum absolute atomic E-state index is 13.6. The maximum atomic E-state index is 13.6. The van der Waals surface area contributed by atoms with E-state index in [4.69, 9.17) is 28.4 Å². The molecule has 8 heteroatoms. The molecule has 1 saturated heterocycles. The number of carbonyl (C=O) groups is 1. The number of aliphatic hydroxyl groups excluding tert-OH is 1. The van der Waals surface area contributed by atoms with Gasteiger partial charge in [0, 0.05) is 19.8 Å². The van der Waals surface area contributed by atoms with Gasteiger partial charge in [-0.15, -0.1) is 0 Å². The minimum atomic E-state index is -1.06. The smallest absolute Gasteiger partial charge is 0.335 e. The van der Waals surface area contributed by atoms with Gasteiger partial charge in [-0.25, -0.2) is 4.79 Å². The van der Waals surface area contributed by atoms with Crippen molar-refractivity contribution in [3.8, 4) is 0 Å². The summed E-state index contributed by atoms with van der Waals surface area (Å²) >= 11 is 0. The van der Waals surface area contributed by atoms with Crippen molar-refractivity contribution >= 4 is 5.97 Å². The summed E-state index contributed by atoms with van der Waals surface area (Å²) in [5, 5.41) is 11.6. The van der Waals surface area contributed by atoms with Crippen LogP contribution in [-0.4, -0.2) is 74.3 Å². The van der Waals surface area contributed by atoms with Gasteiger partial charge in [0.05, 0.1) is 6.61 Å². The first-order chi connectivity index (χ1) is 20.6. The average Bonchev–Trinajstić information content (AvgIpc) is 3.01. The van der Waals surface area contributed by atoms with E-state index in [2.05, 4.69) is 20.8 Å². The fourth-order valence-corrected chi connectivity index (χ4v) is 5.59. The fourth-order valence-electron chi connectivity index (χ4n) is 5.59. The van der Waals surface area contributed by atoms with Gasteiger partial charge in [-0.3, -0.25) is 0 Å². The molecule has 1 aliphatic heterocycles. The van der Waals surface area contributed by atoms with Crippen molar-refractivity contribution in [2.75, 3.05) is 26.4 Å². The van der Waals surface area contributed by atoms with E-state index in [9.17, 15) is 9.90 Å². The molecule has 1 aromatic rings. The summed E-state index contributed by atoms with van der Waals surface area (Å²) in [7, 11) is 0. The van der Waals surface area contributed by atoms with E-state index in [0.717, 1.165) is 69.8 Å². The highest BCUT2D eigenvalue weighted by Crippen LogP contribution is 2.33. The Kier molecular flexibility index (Phi) is 17.0. The van der Waals surface area contributed by atoms with Crippen molar-refractivity contribution in [1.29, 1.82) is 0 Å². The van der Waals surface area contributed by atoms with E-state index < -0.39 is 42.8 Å². The molecule has 0 radical (unpaired) electrons. The molecule has 1 N–H and O–H groups in total. The lowest BCUT2D eigenvalue weighted by Gasteiger charge is -2.45. The SMILES string of the molecule is CCCCOCC1O[C@@H](OCCCC)C(OCCCC)C(OC(CC2CCCCC2)C(=O)OCc2ccccc2)[C@H]1O. The molecule has 2 aliphatic rings. The molecule has 3 rings (SSSR count). The Balaban J connectivity index is 1.82. The number of rotatable bonds is 20. The normalized spacial score (nSPS) is 25.8. The van der Waals surface area contributed by atoms with E-state index >= 15 is 0 Å². The van der Waals surface area contributed by atoms with Crippen LogP contribution in [0.15, 0.2) is 30.3 Å². The zero-order chi connectivity index (χ0) is 30.0. The van der Waals surface area contributed by atoms with Gasteiger partial charge < -0.3 is 33.5 Å². The summed E-state index contributed by atoms with van der Waals surface area (Å²) in [4.78, 5) is 13.6. The van der Waals surface area contributed by atoms with E-state index in [0.29, 0.717) is 32.2 Å². The van der Waals surface area contributed by atoms with Crippen LogP contribution < -0.4 is 0 Å². The van der Waals surface area contributed by atoms with Crippen molar-refractivity contribution in [3.63, 3.8) is 0 Å². The number of aliphatic hydroxyl groups is 1. The van der Waals surface area contributed by atoms with E-state index in [-0.39, 0.29) is 13.2 Å². The molecule has 1 aromatic carbocycles. The molecule has 1 saturated carbocycles. The van der Waals surface area contributed by atoms with Crippen LogP contribution >= 0.6 is 0 Å². The first-order valence-electron chi connectivity index (χ1n) is 16.6. The number of benzene rings is 1. The zero-order valence-electron chi connectivity index (χ0n) is 26.3. The molecule has 0 aromatic heterocycles. The summed E-state index contributed by atoms with van der Waals surface area (Å²) in [5.74, 6) is -0.0381. The van der Waals surface area contributed by atoms with E-state index in [1.165, 1.54) is 6.42 Å². The minimum Gasteiger partial charge on any atom is -0.459 e. The van der Waals surface area contributed by atoms with Crippen molar-refractivity contribution in [2.24, 2.45) is 5.92 Å². The van der Waals surface area contributed by atoms with Crippen LogP contribution in [0.2, 0.25) is 0 Å². The zero-order valence-corrected chi connectivity index (χ0v) is 26.3. The summed E-state index contributed by atoms with van der Waals surface area (Å²) in [6, 6.07) is 9.66. The third-order valence-corrected chi connectivity index (χ3v) is 8.21. The molecule has 2 fully saturated rings. The van der Waals surface area contributed by atoms with Crippen LogP contribution in [0, 0.1) is 5.92 Å². The Hall–Kier alpha value is -1.55. The number of carbonyl (C=O) groups excluding carboxylic acids is 1. The van der Waals surface area contributed by atoms with Gasteiger partial charge in [-0.1, -0.05) is 102 Å². The third kappa shape index (κ3) is 11.9. The van der Waals surface area contributed by atoms with Gasteiger partial charge in [-0.05, 0) is 37.2 Å². The molecule has 1 aliphatic carbocycles. The highest BCUT2D eigenvalue weighted by molar-refractivity contribution is 5.74. The first-order valence-corrected chi connectivity index (χ1v) is 16.6. The molecule has 1 heterocycles. The van der Waals surface area contributed by atoms with Gasteiger partial charge in [-0.2, -0.15) is 0 Å². The minimum absolute atomic E-state index is 0.174. The van der Waals surface area contributed by atoms with Crippen LogP contribution in [0.4, 0.5) is 0 Å². The summed E-state index contributed by atoms with van der Waals surface area (Å²) < 4.78 is 37.1. The standard InChI is InChI=1S/C34H56O8/c1-4-7-20-37-25-29-30(35)31(32(38-21-8-5-2)34(42-29)39-22-9-6-3)41-28(23-26-16-12-10-13-17-26)33(36)40-24-27-18-14-11-15-19-27/h11,14-15,18-19,26,28-32,34-35H,4-10,12-13,16-17,20-25H2,1-3H3/t28?,29?,30-,31?,32?,34+/m0/s1. The van der Waals surface area contributed by atoms with Gasteiger partial charge in [0.1, 0.15) is 31.0 Å². The predicted octanol–water partition coefficient (Wildman–Crippen LogP) is 6.36. The lowest BCUT2D eigenvalue weighted by molar-refractivity contribution is -0.322. The molecule has 6 atom stereocenters. The van der Waals surface area contributed by atoms with Crippen LogP contribution in [0.5, 0.6) is 0 Å². The van der Waals surface area contributed by atoms with Crippen molar-refractivity contribution in [2.45, 2.75) is 141 Å². The van der Waals surface area contributed by atoms with Crippen LogP contribution in [0.25, 0.3) is 0 Å². The fraction of sp³-hybridized carbons (Fsp3) is 0.794. The van der Waals surface area contributed by atoms with Crippen molar-refractivity contribution < 1.29 is 38.3 Å². The number of hydrogen-bond acceptors (Lipinski definition) is 8. The van der Waals surface area contributed by atoms with Crippen LogP contribution in [-0.2, 0) is 39.8 Å². The summed E-state index contributed by atoms with van der Waals surface area (Å²) in [5.41, 5.74) is 0.919. The van der Waals surface area contributed by atoms with Gasteiger partial charge in [0.25, 0.3) is 0 Å². The molecule has 42 heavy (non-hydrogen) atoms. The first kappa shape index (κ1) is 34.9. The Morgan fingerprint density at radius 2 is 1.57 bits per heavy atom. The molecule has 4 unspecified atom stereocenters. The summed E-state index contributed by atoms with van der Waals surface area (Å²) in [6.07, 6.45) is 7.04. The molecular formula is C34H56O8. The summed E-state index contributed by atoms with van der Waals surface area (Å²) in [6.45, 7) is 8.28. The molecule has 240 valence electrons. The maximum Gasteiger partial charge on any atom is 0.335 e. The lowest BCUT2D eigenvalue weighted by atomic mass is 9.85. The number of ether oxygens (including phenoxy) is 6. The van der Waals surface area contributed by atoms with Gasteiger partial charge in [0.15, 0.2) is 12.4 Å². The molecule has 0 spiro atoms. The van der Waals surface area contributed by atoms with Crippen LogP contribution in [0.3, 0.4) is 0 Å². The molecule has 0 amide bonds. The second-order valence-corrected chi connectivity index (χ2v) is 11.8. The van der Waals surface area contributed by atoms with E-state index in [1.807, 2.05) is 30.3 Å². The monoisotopic (exact) mass is 592 g/mol. The Bertz CT molecular complexity index is 830. The quantitative estimate of drug-likeness (QED) is 0.138. The lowest BCUT2D eigenvalue weighted by Crippen LogP contribution is -2.62. The van der Waals surface area contributed by atoms with Crippen molar-refractivity contribution in [3.05, 3.63) is 35.9 Å². The number of hydrogen-bond donors (Lipinski definition) is 1. The molecule has 8 nitrogen and oxygen atoms in total. The molecule has 0 bridgehead atoms. The molecular weight excluding hydrogens is 536 g/mol. The second-order valence-electron chi connectivity index (χ2n) is 11.8. The largest absolute Gasteiger partial charge is 0.459 e. The third-order valence-electron chi connectivity index (χ3n) is 8.21. The number of unbranched alkanes of at least 4 members (excludes halogenated alkanes) is 3. The highest BCUT2D eigenvalue weighted by Gasteiger charge is 2.49. The Labute approximate surface area is 253 Å². The Morgan fingerprint density at radius 1 is 0.905 bits per heavy atom.